The van der Waals surface area contributed by atoms with Crippen molar-refractivity contribution in [2.75, 3.05) is 18.5 Å². The van der Waals surface area contributed by atoms with Crippen molar-refractivity contribution >= 4 is 24.0 Å². The van der Waals surface area contributed by atoms with Gasteiger partial charge in [0.15, 0.2) is 5.69 Å². The van der Waals surface area contributed by atoms with Gasteiger partial charge in [0.05, 0.1) is 0 Å². The molecule has 24 heavy (non-hydrogen) atoms. The van der Waals surface area contributed by atoms with E-state index in [0.717, 1.165) is 29.9 Å². The maximum Gasteiger partial charge on any atom is 0.278 e. The lowest BCUT2D eigenvalue weighted by Crippen LogP contribution is -2.30. The number of nitrogens with zero attached hydrogens (tertiary/aromatic N) is 2. The predicted molar refractivity (Wildman–Crippen MR) is 99.1 cm³/mol. The Hall–Kier alpha value is -1.85. The Labute approximate surface area is 149 Å². The Kier molecular flexibility index (Phi) is 5.35. The smallest absolute Gasteiger partial charge is 0.278 e. The Morgan fingerprint density at radius 2 is 1.88 bits per heavy atom. The van der Waals surface area contributed by atoms with Gasteiger partial charge >= 0.3 is 0 Å². The summed E-state index contributed by atoms with van der Waals surface area (Å²) in [5, 5.41) is 10.5. The molecular weight excluding hydrogens is 324 g/mol. The van der Waals surface area contributed by atoms with Crippen molar-refractivity contribution in [3.05, 3.63) is 46.8 Å². The zero-order valence-corrected chi connectivity index (χ0v) is 15.5. The third-order valence-electron chi connectivity index (χ3n) is 4.43. The lowest BCUT2D eigenvalue weighted by atomic mass is 9.87. The molecule has 0 radical (unpaired) electrons. The van der Waals surface area contributed by atoms with Gasteiger partial charge in [-0.1, -0.05) is 32.9 Å². The fourth-order valence-corrected chi connectivity index (χ4v) is 2.86. The second kappa shape index (κ2) is 6.95. The van der Waals surface area contributed by atoms with E-state index in [1.54, 1.807) is 11.9 Å². The lowest BCUT2D eigenvalue weighted by molar-refractivity contribution is 0.0987. The SMILES string of the molecule is CN(C(=O)c1n[nH]c2c1CNCC2)c1ccc(C(C)(C)C)cc1.Cl. The average Bonchev–Trinajstić information content (AvgIpc) is 2.97. The standard InChI is InChI=1S/C18H24N4O.ClH/c1-18(2,3)12-5-7-13(8-6-12)22(4)17(23)16-14-11-19-10-9-15(14)20-21-16;/h5-8,19H,9-11H2,1-4H3,(H,20,21);1H. The molecule has 5 nitrogen and oxygen atoms in total. The van der Waals surface area contributed by atoms with Crippen molar-refractivity contribution in [1.29, 1.82) is 0 Å². The third-order valence-corrected chi connectivity index (χ3v) is 4.43. The molecule has 0 atom stereocenters. The van der Waals surface area contributed by atoms with Crippen LogP contribution in [0.1, 0.15) is 48.1 Å². The quantitative estimate of drug-likeness (QED) is 0.876. The molecule has 2 aromatic rings. The van der Waals surface area contributed by atoms with Gasteiger partial charge in [-0.3, -0.25) is 9.89 Å². The first-order valence-corrected chi connectivity index (χ1v) is 8.03. The number of anilines is 1. The summed E-state index contributed by atoms with van der Waals surface area (Å²) < 4.78 is 0. The highest BCUT2D eigenvalue weighted by molar-refractivity contribution is 6.05. The summed E-state index contributed by atoms with van der Waals surface area (Å²) in [6.07, 6.45) is 0.888. The van der Waals surface area contributed by atoms with Gasteiger partial charge < -0.3 is 10.2 Å². The highest BCUT2D eigenvalue weighted by Crippen LogP contribution is 2.25. The highest BCUT2D eigenvalue weighted by Gasteiger charge is 2.24. The molecule has 1 aliphatic heterocycles. The zero-order chi connectivity index (χ0) is 16.6. The molecule has 1 aromatic carbocycles. The van der Waals surface area contributed by atoms with Crippen molar-refractivity contribution in [2.45, 2.75) is 39.2 Å². The first-order chi connectivity index (χ1) is 10.9. The molecule has 0 fully saturated rings. The van der Waals surface area contributed by atoms with Crippen LogP contribution in [-0.4, -0.2) is 29.7 Å². The summed E-state index contributed by atoms with van der Waals surface area (Å²) in [5.41, 5.74) is 4.83. The van der Waals surface area contributed by atoms with Gasteiger partial charge in [-0.2, -0.15) is 5.10 Å². The monoisotopic (exact) mass is 348 g/mol. The summed E-state index contributed by atoms with van der Waals surface area (Å²) in [5.74, 6) is -0.0743. The van der Waals surface area contributed by atoms with E-state index in [4.69, 9.17) is 0 Å². The Bertz CT molecular complexity index is 716. The minimum absolute atomic E-state index is 0. The van der Waals surface area contributed by atoms with Crippen molar-refractivity contribution in [3.8, 4) is 0 Å². The molecule has 1 amide bonds. The molecule has 3 rings (SSSR count). The molecule has 0 spiro atoms. The number of carbonyl (C=O) groups is 1. The van der Waals surface area contributed by atoms with E-state index in [0.29, 0.717) is 12.2 Å². The van der Waals surface area contributed by atoms with Gasteiger partial charge in [-0.15, -0.1) is 12.4 Å². The van der Waals surface area contributed by atoms with Crippen LogP contribution in [0.2, 0.25) is 0 Å². The van der Waals surface area contributed by atoms with Gasteiger partial charge in [-0.25, -0.2) is 0 Å². The minimum atomic E-state index is -0.0743. The normalized spacial score (nSPS) is 13.8. The molecule has 1 aliphatic rings. The van der Waals surface area contributed by atoms with Crippen LogP contribution in [0.15, 0.2) is 24.3 Å². The van der Waals surface area contributed by atoms with Crippen molar-refractivity contribution < 1.29 is 4.79 Å². The third kappa shape index (κ3) is 3.47. The van der Waals surface area contributed by atoms with E-state index in [2.05, 4.69) is 48.4 Å². The number of hydrogen-bond donors (Lipinski definition) is 2. The molecule has 0 unspecified atom stereocenters. The lowest BCUT2D eigenvalue weighted by Gasteiger charge is -2.22. The number of aromatic nitrogens is 2. The second-order valence-corrected chi connectivity index (χ2v) is 7.12. The molecule has 130 valence electrons. The van der Waals surface area contributed by atoms with Crippen molar-refractivity contribution in [3.63, 3.8) is 0 Å². The van der Waals surface area contributed by atoms with Crippen LogP contribution in [0, 0.1) is 0 Å². The van der Waals surface area contributed by atoms with Crippen LogP contribution in [0.25, 0.3) is 0 Å². The minimum Gasteiger partial charge on any atom is -0.312 e. The van der Waals surface area contributed by atoms with Crippen LogP contribution < -0.4 is 10.2 Å². The number of amides is 1. The first kappa shape index (κ1) is 18.5. The zero-order valence-electron chi connectivity index (χ0n) is 14.6. The number of hydrogen-bond acceptors (Lipinski definition) is 3. The molecule has 0 saturated carbocycles. The molecule has 2 N–H and O–H groups in total. The fraction of sp³-hybridized carbons (Fsp3) is 0.444. The maximum atomic E-state index is 12.8. The van der Waals surface area contributed by atoms with E-state index in [9.17, 15) is 4.79 Å². The Balaban J connectivity index is 0.00000208. The van der Waals surface area contributed by atoms with Gasteiger partial charge in [0.25, 0.3) is 5.91 Å². The summed E-state index contributed by atoms with van der Waals surface area (Å²) in [6.45, 7) is 8.16. The van der Waals surface area contributed by atoms with E-state index in [-0.39, 0.29) is 23.7 Å². The van der Waals surface area contributed by atoms with E-state index in [1.165, 1.54) is 5.56 Å². The molecule has 0 saturated heterocycles. The van der Waals surface area contributed by atoms with Gasteiger partial charge in [0.1, 0.15) is 0 Å². The van der Waals surface area contributed by atoms with Crippen LogP contribution in [0.5, 0.6) is 0 Å². The molecule has 0 aliphatic carbocycles. The number of fused-ring (bicyclic) bond motifs is 1. The van der Waals surface area contributed by atoms with Crippen LogP contribution in [0.3, 0.4) is 0 Å². The molecular formula is C18H25ClN4O. The average molecular weight is 349 g/mol. The van der Waals surface area contributed by atoms with Gasteiger partial charge in [-0.05, 0) is 23.1 Å². The second-order valence-electron chi connectivity index (χ2n) is 7.12. The van der Waals surface area contributed by atoms with Crippen molar-refractivity contribution in [2.24, 2.45) is 0 Å². The Morgan fingerprint density at radius 1 is 1.21 bits per heavy atom. The maximum absolute atomic E-state index is 12.8. The van der Waals surface area contributed by atoms with Gasteiger partial charge in [0, 0.05) is 43.5 Å². The molecule has 1 aromatic heterocycles. The van der Waals surface area contributed by atoms with Crippen LogP contribution in [-0.2, 0) is 18.4 Å². The summed E-state index contributed by atoms with van der Waals surface area (Å²) >= 11 is 0. The van der Waals surface area contributed by atoms with Crippen molar-refractivity contribution in [1.82, 2.24) is 15.5 Å². The summed E-state index contributed by atoms with van der Waals surface area (Å²) in [7, 11) is 1.80. The number of nitrogens with one attached hydrogen (secondary N) is 2. The molecule has 2 heterocycles. The topological polar surface area (TPSA) is 61.0 Å². The number of carbonyl (C=O) groups excluding carboxylic acids is 1. The first-order valence-electron chi connectivity index (χ1n) is 8.03. The predicted octanol–water partition coefficient (Wildman–Crippen LogP) is 3.05. The summed E-state index contributed by atoms with van der Waals surface area (Å²) in [4.78, 5) is 14.4. The molecule has 0 bridgehead atoms. The number of H-pyrrole nitrogens is 1. The number of halogens is 1. The van der Waals surface area contributed by atoms with E-state index in [1.807, 2.05) is 12.1 Å². The molecule has 6 heteroatoms. The van der Waals surface area contributed by atoms with Crippen LogP contribution in [0.4, 0.5) is 5.69 Å². The van der Waals surface area contributed by atoms with E-state index < -0.39 is 0 Å². The number of aromatic amines is 1. The fourth-order valence-electron chi connectivity index (χ4n) is 2.86. The highest BCUT2D eigenvalue weighted by atomic mass is 35.5. The Morgan fingerprint density at radius 3 is 2.50 bits per heavy atom. The number of benzene rings is 1. The summed E-state index contributed by atoms with van der Waals surface area (Å²) in [6, 6.07) is 8.16. The van der Waals surface area contributed by atoms with Gasteiger partial charge in [0.2, 0.25) is 0 Å². The van der Waals surface area contributed by atoms with E-state index >= 15 is 0 Å². The van der Waals surface area contributed by atoms with Crippen LogP contribution >= 0.6 is 12.4 Å². The number of rotatable bonds is 2. The largest absolute Gasteiger partial charge is 0.312 e.